The van der Waals surface area contributed by atoms with E-state index in [0.717, 1.165) is 31.1 Å². The van der Waals surface area contributed by atoms with Crippen LogP contribution in [0.25, 0.3) is 0 Å². The number of ether oxygens (including phenoxy) is 1. The molecule has 26 heavy (non-hydrogen) atoms. The van der Waals surface area contributed by atoms with Crippen LogP contribution in [0.15, 0.2) is 30.7 Å². The van der Waals surface area contributed by atoms with Crippen molar-refractivity contribution < 1.29 is 13.9 Å². The molecule has 1 N–H and O–H groups in total. The van der Waals surface area contributed by atoms with Gasteiger partial charge in [-0.05, 0) is 37.8 Å². The molecule has 0 aliphatic carbocycles. The quantitative estimate of drug-likeness (QED) is 0.904. The minimum atomic E-state index is -0.473. The van der Waals surface area contributed by atoms with Crippen LogP contribution < -0.4 is 10.2 Å². The Hall–Kier alpha value is -2.61. The zero-order valence-corrected chi connectivity index (χ0v) is 14.4. The van der Waals surface area contributed by atoms with Crippen molar-refractivity contribution in [1.29, 1.82) is 0 Å². The topological polar surface area (TPSA) is 80.2 Å². The second-order valence-corrected chi connectivity index (χ2v) is 6.72. The fourth-order valence-corrected chi connectivity index (χ4v) is 3.58. The predicted octanol–water partition coefficient (Wildman–Crippen LogP) is 1.94. The first-order chi connectivity index (χ1) is 12.6. The Morgan fingerprint density at radius 1 is 1.35 bits per heavy atom. The summed E-state index contributed by atoms with van der Waals surface area (Å²) in [5, 5.41) is 2.90. The molecule has 3 atom stereocenters. The zero-order chi connectivity index (χ0) is 18.1. The second-order valence-electron chi connectivity index (χ2n) is 6.72. The molecule has 1 amide bonds. The number of aryl methyl sites for hydroxylation is 1. The molecule has 0 radical (unpaired) electrons. The first kappa shape index (κ1) is 16.8. The molecule has 2 aliphatic heterocycles. The van der Waals surface area contributed by atoms with Gasteiger partial charge in [0.25, 0.3) is 5.91 Å². The number of pyridine rings is 1. The van der Waals surface area contributed by atoms with Gasteiger partial charge in [0.05, 0.1) is 29.9 Å². The molecule has 0 saturated carbocycles. The smallest absolute Gasteiger partial charge is 0.253 e. The summed E-state index contributed by atoms with van der Waals surface area (Å²) in [6, 6.07) is 3.62. The van der Waals surface area contributed by atoms with E-state index in [1.807, 2.05) is 17.9 Å². The minimum Gasteiger partial charge on any atom is -0.363 e. The van der Waals surface area contributed by atoms with Gasteiger partial charge in [0, 0.05) is 19.3 Å². The van der Waals surface area contributed by atoms with Crippen molar-refractivity contribution in [3.8, 4) is 0 Å². The molecule has 7 nitrogen and oxygen atoms in total. The maximum absolute atomic E-state index is 13.0. The molecule has 2 aromatic heterocycles. The van der Waals surface area contributed by atoms with Gasteiger partial charge in [0.15, 0.2) is 5.82 Å². The lowest BCUT2D eigenvalue weighted by Gasteiger charge is -2.33. The molecular formula is C18H20FN5O2. The summed E-state index contributed by atoms with van der Waals surface area (Å²) >= 11 is 0. The summed E-state index contributed by atoms with van der Waals surface area (Å²) in [5.41, 5.74) is 1.48. The molecule has 8 heteroatoms. The van der Waals surface area contributed by atoms with Gasteiger partial charge in [-0.3, -0.25) is 9.78 Å². The van der Waals surface area contributed by atoms with Crippen LogP contribution in [0.5, 0.6) is 0 Å². The number of amides is 1. The fourth-order valence-electron chi connectivity index (χ4n) is 3.58. The van der Waals surface area contributed by atoms with Crippen molar-refractivity contribution >= 4 is 17.5 Å². The van der Waals surface area contributed by atoms with E-state index in [1.165, 1.54) is 0 Å². The Kier molecular flexibility index (Phi) is 4.50. The molecule has 0 bridgehead atoms. The fraction of sp³-hybridized carbons (Fsp3) is 0.444. The first-order valence-electron chi connectivity index (χ1n) is 8.70. The van der Waals surface area contributed by atoms with E-state index >= 15 is 0 Å². The lowest BCUT2D eigenvalue weighted by atomic mass is 9.92. The summed E-state index contributed by atoms with van der Waals surface area (Å²) in [5.74, 6) is 0.230. The zero-order valence-electron chi connectivity index (χ0n) is 14.4. The lowest BCUT2D eigenvalue weighted by Crippen LogP contribution is -2.43. The maximum Gasteiger partial charge on any atom is 0.253 e. The summed E-state index contributed by atoms with van der Waals surface area (Å²) < 4.78 is 19.0. The summed E-state index contributed by atoms with van der Waals surface area (Å²) in [6.45, 7) is 3.23. The molecular weight excluding hydrogens is 337 g/mol. The summed E-state index contributed by atoms with van der Waals surface area (Å²) in [4.78, 5) is 26.8. The number of nitrogens with one attached hydrogen (secondary N) is 1. The van der Waals surface area contributed by atoms with E-state index < -0.39 is 11.9 Å². The van der Waals surface area contributed by atoms with Crippen molar-refractivity contribution in [2.75, 3.05) is 23.3 Å². The molecule has 4 heterocycles. The third-order valence-electron chi connectivity index (χ3n) is 5.00. The van der Waals surface area contributed by atoms with E-state index in [4.69, 9.17) is 4.74 Å². The monoisotopic (exact) mass is 357 g/mol. The van der Waals surface area contributed by atoms with Gasteiger partial charge in [-0.2, -0.15) is 0 Å². The largest absolute Gasteiger partial charge is 0.363 e. The van der Waals surface area contributed by atoms with E-state index in [0.29, 0.717) is 30.5 Å². The van der Waals surface area contributed by atoms with Crippen LogP contribution in [0, 0.1) is 18.7 Å². The predicted molar refractivity (Wildman–Crippen MR) is 93.2 cm³/mol. The number of piperidine rings is 1. The minimum absolute atomic E-state index is 0.0526. The van der Waals surface area contributed by atoms with Gasteiger partial charge in [-0.25, -0.2) is 14.4 Å². The molecule has 136 valence electrons. The number of halogens is 1. The maximum atomic E-state index is 13.0. The Labute approximate surface area is 150 Å². The highest BCUT2D eigenvalue weighted by atomic mass is 19.1. The number of carbonyl (C=O) groups excluding carboxylic acids is 1. The van der Waals surface area contributed by atoms with E-state index in [9.17, 15) is 9.18 Å². The van der Waals surface area contributed by atoms with E-state index in [1.54, 1.807) is 12.3 Å². The molecule has 0 unspecified atom stereocenters. The normalized spacial score (nSPS) is 25.0. The molecule has 2 saturated heterocycles. The number of anilines is 2. The van der Waals surface area contributed by atoms with E-state index in [2.05, 4.69) is 20.3 Å². The number of nitrogens with zero attached hydrogens (tertiary/aromatic N) is 4. The van der Waals surface area contributed by atoms with Gasteiger partial charge < -0.3 is 15.0 Å². The van der Waals surface area contributed by atoms with Crippen LogP contribution in [0.2, 0.25) is 0 Å². The van der Waals surface area contributed by atoms with Crippen LogP contribution in [0.3, 0.4) is 0 Å². The molecule has 2 fully saturated rings. The van der Waals surface area contributed by atoms with Gasteiger partial charge >= 0.3 is 0 Å². The van der Waals surface area contributed by atoms with Crippen LogP contribution in [0.1, 0.15) is 18.5 Å². The van der Waals surface area contributed by atoms with Crippen LogP contribution in [-0.2, 0) is 9.53 Å². The highest BCUT2D eigenvalue weighted by Crippen LogP contribution is 2.34. The van der Waals surface area contributed by atoms with Gasteiger partial charge in [0.2, 0.25) is 5.95 Å². The van der Waals surface area contributed by atoms with Crippen molar-refractivity contribution in [3.05, 3.63) is 42.2 Å². The third-order valence-corrected chi connectivity index (χ3v) is 5.00. The van der Waals surface area contributed by atoms with Gasteiger partial charge in [-0.1, -0.05) is 0 Å². The Balaban J connectivity index is 1.39. The Bertz CT molecular complexity index is 800. The van der Waals surface area contributed by atoms with E-state index in [-0.39, 0.29) is 12.0 Å². The van der Waals surface area contributed by atoms with Gasteiger partial charge in [-0.15, -0.1) is 0 Å². The lowest BCUT2D eigenvalue weighted by molar-refractivity contribution is -0.126. The number of aromatic nitrogens is 3. The second kappa shape index (κ2) is 6.95. The molecule has 0 spiro atoms. The average molecular weight is 357 g/mol. The third kappa shape index (κ3) is 3.37. The Morgan fingerprint density at radius 2 is 2.15 bits per heavy atom. The summed E-state index contributed by atoms with van der Waals surface area (Å²) in [6.07, 6.45) is 5.08. The van der Waals surface area contributed by atoms with Crippen LogP contribution >= 0.6 is 0 Å². The van der Waals surface area contributed by atoms with Gasteiger partial charge in [0.1, 0.15) is 6.10 Å². The van der Waals surface area contributed by atoms with Crippen molar-refractivity contribution in [3.63, 3.8) is 0 Å². The summed E-state index contributed by atoms with van der Waals surface area (Å²) in [7, 11) is 0. The van der Waals surface area contributed by atoms with Crippen LogP contribution in [0.4, 0.5) is 16.0 Å². The molecule has 4 rings (SSSR count). The number of hydrogen-bond donors (Lipinski definition) is 1. The number of fused-ring (bicyclic) bond motifs is 1. The SMILES string of the molecule is Cc1ncccc1NC(=O)[C@H]1C[C@@H]2CCN(c3ncc(F)cn3)C[C@H]2O1. The van der Waals surface area contributed by atoms with Crippen LogP contribution in [-0.4, -0.2) is 46.2 Å². The Morgan fingerprint density at radius 3 is 2.92 bits per heavy atom. The molecule has 2 aliphatic rings. The number of hydrogen-bond acceptors (Lipinski definition) is 6. The standard InChI is InChI=1S/C18H20FN5O2/c1-11-14(3-2-5-20-11)23-17(25)15-7-12-4-6-24(10-16(12)26-15)18-21-8-13(19)9-22-18/h2-3,5,8-9,12,15-16H,4,6-7,10H2,1H3,(H,23,25)/t12-,15+,16+/m0/s1. The first-order valence-corrected chi connectivity index (χ1v) is 8.70. The highest BCUT2D eigenvalue weighted by Gasteiger charge is 2.42. The highest BCUT2D eigenvalue weighted by molar-refractivity contribution is 5.94. The van der Waals surface area contributed by atoms with Crippen molar-refractivity contribution in [2.24, 2.45) is 5.92 Å². The molecule has 0 aromatic carbocycles. The number of carbonyl (C=O) groups is 1. The average Bonchev–Trinajstić information content (AvgIpc) is 3.07. The van der Waals surface area contributed by atoms with Crippen molar-refractivity contribution in [1.82, 2.24) is 15.0 Å². The number of rotatable bonds is 3. The molecule has 2 aromatic rings. The van der Waals surface area contributed by atoms with Crippen molar-refractivity contribution in [2.45, 2.75) is 32.0 Å².